The zero-order chi connectivity index (χ0) is 20.8. The molecule has 1 aliphatic rings. The molecule has 0 saturated carbocycles. The highest BCUT2D eigenvalue weighted by Crippen LogP contribution is 2.37. The standard InChI is InChI=1S/C20H16N2O6S/c23-18-10-15-5-4-14(13-3-1-2-12(6-13)7-20(25)26)8-16(15)9-17(18)22-11-19(24)21-29(22,27)28/h1-6,8-11,21,23-24H,7H2,(H,25,26). The molecule has 0 unspecified atom stereocenters. The van der Waals surface area contributed by atoms with Crippen molar-refractivity contribution < 1.29 is 28.5 Å². The first-order valence-corrected chi connectivity index (χ1v) is 9.98. The third-order valence-corrected chi connectivity index (χ3v) is 5.81. The lowest BCUT2D eigenvalue weighted by Crippen LogP contribution is -2.29. The lowest BCUT2D eigenvalue weighted by Gasteiger charge is -2.16. The van der Waals surface area contributed by atoms with E-state index in [1.165, 1.54) is 12.1 Å². The number of phenolic OH excluding ortho intramolecular Hbond substituents is 1. The van der Waals surface area contributed by atoms with Gasteiger partial charge in [-0.15, -0.1) is 0 Å². The maximum atomic E-state index is 12.1. The van der Waals surface area contributed by atoms with Crippen LogP contribution >= 0.6 is 0 Å². The Labute approximate surface area is 166 Å². The van der Waals surface area contributed by atoms with Crippen LogP contribution in [0.3, 0.4) is 0 Å². The van der Waals surface area contributed by atoms with E-state index in [-0.39, 0.29) is 17.9 Å². The van der Waals surface area contributed by atoms with Crippen LogP contribution in [0.5, 0.6) is 5.75 Å². The van der Waals surface area contributed by atoms with Gasteiger partial charge in [0.25, 0.3) is 0 Å². The van der Waals surface area contributed by atoms with Gasteiger partial charge in [-0.25, -0.2) is 9.03 Å². The van der Waals surface area contributed by atoms with Crippen LogP contribution in [0, 0.1) is 0 Å². The number of aliphatic carboxylic acids is 1. The molecule has 4 N–H and O–H groups in total. The number of phenols is 1. The quantitative estimate of drug-likeness (QED) is 0.522. The van der Waals surface area contributed by atoms with Gasteiger partial charge in [-0.3, -0.25) is 4.79 Å². The molecule has 0 fully saturated rings. The average Bonchev–Trinajstić information content (AvgIpc) is 2.92. The second-order valence-electron chi connectivity index (χ2n) is 6.59. The molecule has 148 valence electrons. The molecule has 0 atom stereocenters. The number of anilines is 1. The molecule has 1 heterocycles. The number of hydrogen-bond donors (Lipinski definition) is 4. The number of nitrogens with one attached hydrogen (secondary N) is 1. The molecule has 3 aromatic rings. The largest absolute Gasteiger partial charge is 0.506 e. The second kappa shape index (κ2) is 6.71. The van der Waals surface area contributed by atoms with E-state index in [0.29, 0.717) is 16.3 Å². The van der Waals surface area contributed by atoms with E-state index in [0.717, 1.165) is 21.6 Å². The molecule has 4 rings (SSSR count). The van der Waals surface area contributed by atoms with E-state index < -0.39 is 22.1 Å². The highest BCUT2D eigenvalue weighted by atomic mass is 32.2. The lowest BCUT2D eigenvalue weighted by molar-refractivity contribution is -0.136. The van der Waals surface area contributed by atoms with Gasteiger partial charge in [-0.1, -0.05) is 36.4 Å². The first kappa shape index (κ1) is 18.6. The number of nitrogens with zero attached hydrogens (tertiary/aromatic N) is 1. The van der Waals surface area contributed by atoms with Crippen molar-refractivity contribution in [2.24, 2.45) is 0 Å². The van der Waals surface area contributed by atoms with E-state index >= 15 is 0 Å². The molecule has 0 radical (unpaired) electrons. The number of carboxylic acid groups (broad SMARTS) is 1. The maximum absolute atomic E-state index is 12.1. The molecule has 29 heavy (non-hydrogen) atoms. The third-order valence-electron chi connectivity index (χ3n) is 4.52. The number of aliphatic hydroxyl groups excluding tert-OH is 1. The van der Waals surface area contributed by atoms with Crippen molar-refractivity contribution in [3.8, 4) is 16.9 Å². The minimum Gasteiger partial charge on any atom is -0.506 e. The van der Waals surface area contributed by atoms with Crippen LogP contribution < -0.4 is 9.03 Å². The Morgan fingerprint density at radius 1 is 0.966 bits per heavy atom. The molecule has 9 heteroatoms. The number of fused-ring (bicyclic) bond motifs is 1. The van der Waals surface area contributed by atoms with Gasteiger partial charge >= 0.3 is 16.2 Å². The van der Waals surface area contributed by atoms with Gasteiger partial charge in [-0.05, 0) is 45.7 Å². The topological polar surface area (TPSA) is 127 Å². The summed E-state index contributed by atoms with van der Waals surface area (Å²) < 4.78 is 26.9. The first-order valence-electron chi connectivity index (χ1n) is 8.54. The molecule has 0 aliphatic carbocycles. The molecular formula is C20H16N2O6S. The van der Waals surface area contributed by atoms with E-state index in [4.69, 9.17) is 5.11 Å². The number of benzene rings is 3. The van der Waals surface area contributed by atoms with Crippen LogP contribution in [0.1, 0.15) is 5.56 Å². The minimum absolute atomic E-state index is 0.00849. The molecule has 0 aromatic heterocycles. The van der Waals surface area contributed by atoms with Gasteiger partial charge in [0, 0.05) is 0 Å². The summed E-state index contributed by atoms with van der Waals surface area (Å²) in [5, 5.41) is 30.1. The molecule has 3 aromatic carbocycles. The van der Waals surface area contributed by atoms with Crippen molar-refractivity contribution in [1.29, 1.82) is 0 Å². The fraction of sp³-hybridized carbons (Fsp3) is 0.0500. The Bertz CT molecular complexity index is 1280. The Morgan fingerprint density at radius 2 is 1.72 bits per heavy atom. The highest BCUT2D eigenvalue weighted by molar-refractivity contribution is 7.91. The smallest absolute Gasteiger partial charge is 0.330 e. The van der Waals surface area contributed by atoms with Crippen molar-refractivity contribution in [2.75, 3.05) is 4.31 Å². The molecule has 0 amide bonds. The van der Waals surface area contributed by atoms with Crippen molar-refractivity contribution in [3.05, 3.63) is 72.2 Å². The Kier molecular flexibility index (Phi) is 4.31. The van der Waals surface area contributed by atoms with E-state index in [1.807, 2.05) is 22.9 Å². The molecule has 0 spiro atoms. The SMILES string of the molecule is O=C(O)Cc1cccc(-c2ccc3cc(O)c(N4C=C(O)NS4(=O)=O)cc3c2)c1. The van der Waals surface area contributed by atoms with E-state index in [1.54, 1.807) is 24.3 Å². The van der Waals surface area contributed by atoms with Gasteiger partial charge in [0.05, 0.1) is 12.6 Å². The van der Waals surface area contributed by atoms with Crippen LogP contribution in [0.2, 0.25) is 0 Å². The summed E-state index contributed by atoms with van der Waals surface area (Å²) >= 11 is 0. The zero-order valence-electron chi connectivity index (χ0n) is 14.9. The van der Waals surface area contributed by atoms with Gasteiger partial charge < -0.3 is 15.3 Å². The number of rotatable bonds is 4. The summed E-state index contributed by atoms with van der Waals surface area (Å²) in [7, 11) is -4.03. The predicted molar refractivity (Wildman–Crippen MR) is 108 cm³/mol. The average molecular weight is 412 g/mol. The minimum atomic E-state index is -4.03. The molecule has 0 bridgehead atoms. The molecule has 0 saturated heterocycles. The zero-order valence-corrected chi connectivity index (χ0v) is 15.7. The summed E-state index contributed by atoms with van der Waals surface area (Å²) in [5.41, 5.74) is 2.28. The van der Waals surface area contributed by atoms with Crippen LogP contribution in [0.4, 0.5) is 5.69 Å². The molecular weight excluding hydrogens is 396 g/mol. The van der Waals surface area contributed by atoms with Crippen molar-refractivity contribution in [3.63, 3.8) is 0 Å². The Morgan fingerprint density at radius 3 is 2.41 bits per heavy atom. The van der Waals surface area contributed by atoms with Crippen LogP contribution in [-0.4, -0.2) is 29.7 Å². The lowest BCUT2D eigenvalue weighted by atomic mass is 9.98. The van der Waals surface area contributed by atoms with Gasteiger partial charge in [0.15, 0.2) is 0 Å². The number of aliphatic hydroxyl groups is 1. The third kappa shape index (κ3) is 3.55. The van der Waals surface area contributed by atoms with Gasteiger partial charge in [0.2, 0.25) is 5.88 Å². The monoisotopic (exact) mass is 412 g/mol. The second-order valence-corrected chi connectivity index (χ2v) is 8.14. The number of hydrogen-bond acceptors (Lipinski definition) is 5. The normalized spacial score (nSPS) is 15.2. The summed E-state index contributed by atoms with van der Waals surface area (Å²) in [6.07, 6.45) is 0.879. The number of carbonyl (C=O) groups is 1. The van der Waals surface area contributed by atoms with Crippen LogP contribution in [-0.2, 0) is 21.4 Å². The summed E-state index contributed by atoms with van der Waals surface area (Å²) in [4.78, 5) is 11.0. The summed E-state index contributed by atoms with van der Waals surface area (Å²) in [6, 6.07) is 15.5. The maximum Gasteiger partial charge on any atom is 0.330 e. The summed E-state index contributed by atoms with van der Waals surface area (Å²) in [6.45, 7) is 0. The Hall–Kier alpha value is -3.72. The van der Waals surface area contributed by atoms with Crippen molar-refractivity contribution in [1.82, 2.24) is 4.72 Å². The number of carboxylic acids is 1. The van der Waals surface area contributed by atoms with Crippen LogP contribution in [0.25, 0.3) is 21.9 Å². The Balaban J connectivity index is 1.80. The van der Waals surface area contributed by atoms with Gasteiger partial charge in [0.1, 0.15) is 11.4 Å². The summed E-state index contributed by atoms with van der Waals surface area (Å²) in [5.74, 6) is -1.73. The van der Waals surface area contributed by atoms with Gasteiger partial charge in [-0.2, -0.15) is 8.42 Å². The predicted octanol–water partition coefficient (Wildman–Crippen LogP) is 2.85. The highest BCUT2D eigenvalue weighted by Gasteiger charge is 2.30. The van der Waals surface area contributed by atoms with E-state index in [9.17, 15) is 23.4 Å². The first-order chi connectivity index (χ1) is 13.7. The van der Waals surface area contributed by atoms with E-state index in [2.05, 4.69) is 0 Å². The fourth-order valence-corrected chi connectivity index (χ4v) is 4.31. The van der Waals surface area contributed by atoms with Crippen molar-refractivity contribution in [2.45, 2.75) is 6.42 Å². The molecule has 1 aliphatic heterocycles. The van der Waals surface area contributed by atoms with Crippen LogP contribution in [0.15, 0.2) is 66.7 Å². The number of aromatic hydroxyl groups is 1. The van der Waals surface area contributed by atoms with Crippen molar-refractivity contribution >= 4 is 32.6 Å². The fourth-order valence-electron chi connectivity index (χ4n) is 3.25. The molecule has 8 nitrogen and oxygen atoms in total.